The van der Waals surface area contributed by atoms with Gasteiger partial charge in [0.2, 0.25) is 0 Å². The Balaban J connectivity index is 2.11. The van der Waals surface area contributed by atoms with E-state index in [1.165, 1.54) is 12.5 Å². The third-order valence-corrected chi connectivity index (χ3v) is 4.73. The number of hydrogen-bond acceptors (Lipinski definition) is 1. The molecule has 1 fully saturated rings. The van der Waals surface area contributed by atoms with Crippen LogP contribution in [0.5, 0.6) is 0 Å². The number of halogens is 2. The second-order valence-electron chi connectivity index (χ2n) is 6.68. The fourth-order valence-electron chi connectivity index (χ4n) is 2.87. The van der Waals surface area contributed by atoms with E-state index in [1.807, 2.05) is 13.0 Å². The highest BCUT2D eigenvalue weighted by atomic mass is 35.5. The van der Waals surface area contributed by atoms with Gasteiger partial charge in [0.05, 0.1) is 16.4 Å². The summed E-state index contributed by atoms with van der Waals surface area (Å²) >= 11 is 6.26. The lowest BCUT2D eigenvalue weighted by molar-refractivity contribution is 0.495. The molecule has 3 rings (SSSR count). The normalized spacial score (nSPS) is 22.2. The number of rotatable bonds is 3. The molecule has 0 saturated heterocycles. The van der Waals surface area contributed by atoms with Gasteiger partial charge in [-0.2, -0.15) is 0 Å². The van der Waals surface area contributed by atoms with Crippen molar-refractivity contribution in [2.45, 2.75) is 46.0 Å². The number of imidazole rings is 1. The molecule has 4 heteroatoms. The summed E-state index contributed by atoms with van der Waals surface area (Å²) in [5, 5.41) is -0.173. The molecule has 1 aromatic heterocycles. The zero-order valence-electron chi connectivity index (χ0n) is 12.4. The summed E-state index contributed by atoms with van der Waals surface area (Å²) < 4.78 is 15.9. The van der Waals surface area contributed by atoms with Crippen LogP contribution in [-0.4, -0.2) is 9.55 Å². The molecule has 2 nitrogen and oxygen atoms in total. The van der Waals surface area contributed by atoms with Crippen molar-refractivity contribution in [3.05, 3.63) is 29.3 Å². The monoisotopic (exact) mass is 294 g/mol. The molecule has 0 N–H and O–H groups in total. The smallest absolute Gasteiger partial charge is 0.128 e. The van der Waals surface area contributed by atoms with Gasteiger partial charge in [0.15, 0.2) is 0 Å². The van der Waals surface area contributed by atoms with Gasteiger partial charge in [-0.15, -0.1) is 11.6 Å². The molecule has 2 aromatic rings. The van der Waals surface area contributed by atoms with Crippen LogP contribution in [0.3, 0.4) is 0 Å². The number of aryl methyl sites for hydroxylation is 1. The molecule has 2 atom stereocenters. The molecule has 1 heterocycles. The van der Waals surface area contributed by atoms with Gasteiger partial charge in [-0.1, -0.05) is 13.8 Å². The van der Waals surface area contributed by atoms with E-state index in [1.54, 1.807) is 6.92 Å². The lowest BCUT2D eigenvalue weighted by Gasteiger charge is -2.12. The number of aromatic nitrogens is 2. The van der Waals surface area contributed by atoms with Crippen LogP contribution >= 0.6 is 11.6 Å². The van der Waals surface area contributed by atoms with E-state index in [2.05, 4.69) is 23.4 Å². The molecule has 0 radical (unpaired) electrons. The second-order valence-corrected chi connectivity index (χ2v) is 7.33. The Kier molecular flexibility index (Phi) is 3.09. The van der Waals surface area contributed by atoms with Crippen molar-refractivity contribution < 1.29 is 4.39 Å². The van der Waals surface area contributed by atoms with Crippen LogP contribution in [0.15, 0.2) is 12.1 Å². The predicted molar refractivity (Wildman–Crippen MR) is 80.6 cm³/mol. The molecule has 0 bridgehead atoms. The van der Waals surface area contributed by atoms with Crippen molar-refractivity contribution in [2.75, 3.05) is 0 Å². The Morgan fingerprint density at radius 3 is 2.70 bits per heavy atom. The lowest BCUT2D eigenvalue weighted by Crippen LogP contribution is -2.08. The van der Waals surface area contributed by atoms with Gasteiger partial charge in [-0.25, -0.2) is 9.37 Å². The highest BCUT2D eigenvalue weighted by molar-refractivity contribution is 6.20. The molecule has 108 valence electrons. The quantitative estimate of drug-likeness (QED) is 0.741. The highest BCUT2D eigenvalue weighted by Gasteiger charge is 2.45. The van der Waals surface area contributed by atoms with Gasteiger partial charge in [0.1, 0.15) is 11.6 Å². The minimum Gasteiger partial charge on any atom is -0.326 e. The minimum absolute atomic E-state index is 0.173. The molecule has 1 saturated carbocycles. The first-order valence-electron chi connectivity index (χ1n) is 7.10. The third-order valence-electron chi connectivity index (χ3n) is 4.53. The summed E-state index contributed by atoms with van der Waals surface area (Å²) in [7, 11) is 0. The lowest BCUT2D eigenvalue weighted by atomic mass is 10.1. The summed E-state index contributed by atoms with van der Waals surface area (Å²) in [6, 6.07) is 3.40. The van der Waals surface area contributed by atoms with Crippen LogP contribution in [0, 0.1) is 24.1 Å². The SMILES string of the molecule is Cc1cc2c(cc1F)nc(C(C)Cl)n2CC1CC1(C)C. The van der Waals surface area contributed by atoms with Gasteiger partial charge in [-0.3, -0.25) is 0 Å². The van der Waals surface area contributed by atoms with Gasteiger partial charge < -0.3 is 4.57 Å². The number of benzene rings is 1. The van der Waals surface area contributed by atoms with Crippen LogP contribution < -0.4 is 0 Å². The van der Waals surface area contributed by atoms with Gasteiger partial charge in [0.25, 0.3) is 0 Å². The molecule has 1 aliphatic rings. The van der Waals surface area contributed by atoms with E-state index in [0.717, 1.165) is 17.9 Å². The van der Waals surface area contributed by atoms with Gasteiger partial charge >= 0.3 is 0 Å². The van der Waals surface area contributed by atoms with Crippen molar-refractivity contribution in [1.29, 1.82) is 0 Å². The predicted octanol–water partition coefficient (Wildman–Crippen LogP) is 4.83. The van der Waals surface area contributed by atoms with E-state index in [4.69, 9.17) is 11.6 Å². The first-order valence-corrected chi connectivity index (χ1v) is 7.53. The molecule has 1 aliphatic carbocycles. The Hall–Kier alpha value is -1.09. The molecule has 0 amide bonds. The summed E-state index contributed by atoms with van der Waals surface area (Å²) in [6.07, 6.45) is 1.23. The van der Waals surface area contributed by atoms with Crippen molar-refractivity contribution in [1.82, 2.24) is 9.55 Å². The maximum Gasteiger partial charge on any atom is 0.128 e. The molecule has 1 aromatic carbocycles. The average molecular weight is 295 g/mol. The van der Waals surface area contributed by atoms with Crippen molar-refractivity contribution in [2.24, 2.45) is 11.3 Å². The number of nitrogens with zero attached hydrogens (tertiary/aromatic N) is 2. The molecule has 2 unspecified atom stereocenters. The first-order chi connectivity index (χ1) is 9.29. The Morgan fingerprint density at radius 1 is 1.50 bits per heavy atom. The van der Waals surface area contributed by atoms with Crippen LogP contribution in [0.2, 0.25) is 0 Å². The zero-order valence-corrected chi connectivity index (χ0v) is 13.1. The van der Waals surface area contributed by atoms with Crippen molar-refractivity contribution in [3.8, 4) is 0 Å². The van der Waals surface area contributed by atoms with Crippen LogP contribution in [0.4, 0.5) is 4.39 Å². The van der Waals surface area contributed by atoms with Crippen molar-refractivity contribution >= 4 is 22.6 Å². The summed E-state index contributed by atoms with van der Waals surface area (Å²) in [5.41, 5.74) is 2.75. The Morgan fingerprint density at radius 2 is 2.15 bits per heavy atom. The highest BCUT2D eigenvalue weighted by Crippen LogP contribution is 2.53. The van der Waals surface area contributed by atoms with E-state index < -0.39 is 0 Å². The van der Waals surface area contributed by atoms with Crippen LogP contribution in [0.1, 0.15) is 44.0 Å². The Bertz CT molecular complexity index is 673. The van der Waals surface area contributed by atoms with Crippen LogP contribution in [-0.2, 0) is 6.54 Å². The Labute approximate surface area is 123 Å². The fourth-order valence-corrected chi connectivity index (χ4v) is 3.04. The summed E-state index contributed by atoms with van der Waals surface area (Å²) in [6.45, 7) is 9.19. The molecular formula is C16H20ClFN2. The van der Waals surface area contributed by atoms with E-state index in [0.29, 0.717) is 22.4 Å². The fraction of sp³-hybridized carbons (Fsp3) is 0.562. The standard InChI is InChI=1S/C16H20ClFN2/c1-9-5-14-13(6-12(9)18)19-15(10(2)17)20(14)8-11-7-16(11,3)4/h5-6,10-11H,7-8H2,1-4H3. The number of hydrogen-bond donors (Lipinski definition) is 0. The third kappa shape index (κ3) is 2.22. The van der Waals surface area contributed by atoms with Crippen LogP contribution in [0.25, 0.3) is 11.0 Å². The molecule has 0 aliphatic heterocycles. The summed E-state index contributed by atoms with van der Waals surface area (Å²) in [4.78, 5) is 4.53. The molecule has 20 heavy (non-hydrogen) atoms. The number of fused-ring (bicyclic) bond motifs is 1. The first kappa shape index (κ1) is 13.9. The maximum absolute atomic E-state index is 13.7. The molecule has 0 spiro atoms. The van der Waals surface area contributed by atoms with Crippen molar-refractivity contribution in [3.63, 3.8) is 0 Å². The van der Waals surface area contributed by atoms with Gasteiger partial charge in [0, 0.05) is 12.6 Å². The number of alkyl halides is 1. The average Bonchev–Trinajstić information content (AvgIpc) is 2.78. The summed E-state index contributed by atoms with van der Waals surface area (Å²) in [5.74, 6) is 1.29. The van der Waals surface area contributed by atoms with Gasteiger partial charge in [-0.05, 0) is 43.2 Å². The molecular weight excluding hydrogens is 275 g/mol. The van der Waals surface area contributed by atoms with E-state index >= 15 is 0 Å². The van der Waals surface area contributed by atoms with E-state index in [9.17, 15) is 4.39 Å². The van der Waals surface area contributed by atoms with E-state index in [-0.39, 0.29) is 11.2 Å². The topological polar surface area (TPSA) is 17.8 Å². The zero-order chi connectivity index (χ0) is 14.7. The maximum atomic E-state index is 13.7. The second kappa shape index (κ2) is 4.45. The largest absolute Gasteiger partial charge is 0.326 e. The minimum atomic E-state index is -0.206.